The molecule has 0 aromatic heterocycles. The van der Waals surface area contributed by atoms with Crippen LogP contribution in [-0.2, 0) is 6.54 Å². The molecule has 7 nitrogen and oxygen atoms in total. The number of allylic oxidation sites excluding steroid dienone is 2. The molecule has 2 rings (SSSR count). The van der Waals surface area contributed by atoms with Gasteiger partial charge in [-0.15, -0.1) is 0 Å². The summed E-state index contributed by atoms with van der Waals surface area (Å²) in [5, 5.41) is 7.23. The molecule has 0 saturated heterocycles. The Labute approximate surface area is 158 Å². The number of aliphatic imine (C=N–C) groups is 1. The number of guanidine groups is 2. The summed E-state index contributed by atoms with van der Waals surface area (Å²) in [5.74, 6) is 1.42. The molecular formula is C19H35N5O2. The number of benzene rings is 1. The van der Waals surface area contributed by atoms with Crippen molar-refractivity contribution in [2.75, 3.05) is 13.8 Å². The van der Waals surface area contributed by atoms with E-state index in [9.17, 15) is 0 Å². The normalized spacial score (nSPS) is 11.3. The van der Waals surface area contributed by atoms with Gasteiger partial charge >= 0.3 is 0 Å². The highest BCUT2D eigenvalue weighted by Gasteiger charge is 2.16. The third-order valence-corrected chi connectivity index (χ3v) is 2.93. The number of hydrogen-bond donors (Lipinski definition) is 3. The Morgan fingerprint density at radius 1 is 1.15 bits per heavy atom. The van der Waals surface area contributed by atoms with E-state index in [1.165, 1.54) is 4.90 Å². The minimum absolute atomic E-state index is 0.158. The van der Waals surface area contributed by atoms with Crippen LogP contribution in [0.2, 0.25) is 0 Å². The zero-order chi connectivity index (χ0) is 20.5. The first-order chi connectivity index (χ1) is 12.5. The van der Waals surface area contributed by atoms with Crippen LogP contribution in [0, 0.1) is 5.41 Å². The van der Waals surface area contributed by atoms with Crippen molar-refractivity contribution in [2.45, 2.75) is 48.1 Å². The van der Waals surface area contributed by atoms with Crippen molar-refractivity contribution in [1.29, 1.82) is 5.41 Å². The van der Waals surface area contributed by atoms with Gasteiger partial charge in [0.05, 0.1) is 6.54 Å². The van der Waals surface area contributed by atoms with Crippen molar-refractivity contribution in [3.05, 3.63) is 35.9 Å². The lowest BCUT2D eigenvalue weighted by molar-refractivity contribution is 0.173. The Balaban J connectivity index is 0. The van der Waals surface area contributed by atoms with Crippen LogP contribution < -0.4 is 20.9 Å². The van der Waals surface area contributed by atoms with E-state index in [4.69, 9.17) is 26.4 Å². The lowest BCUT2D eigenvalue weighted by atomic mass is 10.2. The van der Waals surface area contributed by atoms with Crippen LogP contribution in [-0.4, -0.2) is 30.7 Å². The number of ether oxygens (including phenoxy) is 2. The van der Waals surface area contributed by atoms with Crippen LogP contribution in [0.25, 0.3) is 0 Å². The molecule has 1 aromatic rings. The monoisotopic (exact) mass is 365 g/mol. The molecule has 148 valence electrons. The van der Waals surface area contributed by atoms with Crippen LogP contribution in [0.15, 0.2) is 35.3 Å². The molecule has 0 fully saturated rings. The summed E-state index contributed by atoms with van der Waals surface area (Å²) in [7, 11) is 1.58. The fourth-order valence-electron chi connectivity index (χ4n) is 1.51. The molecule has 0 aliphatic carbocycles. The SMILES string of the molecule is C/C=C\C.CC.CC.CN(C(=N)N)C(N)=NCc1cccc2c1OCO2. The van der Waals surface area contributed by atoms with Crippen LogP contribution in [0.5, 0.6) is 11.5 Å². The van der Waals surface area contributed by atoms with E-state index >= 15 is 0 Å². The molecule has 7 heteroatoms. The molecule has 0 radical (unpaired) electrons. The fraction of sp³-hybridized carbons (Fsp3) is 0.474. The first kappa shape index (κ1) is 25.5. The highest BCUT2D eigenvalue weighted by Crippen LogP contribution is 2.35. The molecule has 0 atom stereocenters. The number of nitrogens with zero attached hydrogens (tertiary/aromatic N) is 2. The van der Waals surface area contributed by atoms with E-state index in [-0.39, 0.29) is 18.7 Å². The third-order valence-electron chi connectivity index (χ3n) is 2.93. The Hall–Kier alpha value is -2.70. The molecule has 26 heavy (non-hydrogen) atoms. The maximum atomic E-state index is 7.23. The summed E-state index contributed by atoms with van der Waals surface area (Å²) >= 11 is 0. The average Bonchev–Trinajstić information content (AvgIpc) is 3.18. The molecule has 1 aliphatic rings. The van der Waals surface area contributed by atoms with Crippen molar-refractivity contribution < 1.29 is 9.47 Å². The van der Waals surface area contributed by atoms with Gasteiger partial charge in [-0.25, -0.2) is 4.99 Å². The van der Waals surface area contributed by atoms with E-state index in [0.717, 1.165) is 5.56 Å². The lowest BCUT2D eigenvalue weighted by Gasteiger charge is -2.15. The lowest BCUT2D eigenvalue weighted by Crippen LogP contribution is -2.42. The van der Waals surface area contributed by atoms with Gasteiger partial charge in [0.2, 0.25) is 6.79 Å². The van der Waals surface area contributed by atoms with E-state index < -0.39 is 0 Å². The second-order valence-corrected chi connectivity index (χ2v) is 4.44. The van der Waals surface area contributed by atoms with Crippen molar-refractivity contribution in [3.63, 3.8) is 0 Å². The minimum atomic E-state index is -0.158. The zero-order valence-electron chi connectivity index (χ0n) is 17.2. The molecular weight excluding hydrogens is 330 g/mol. The van der Waals surface area contributed by atoms with Gasteiger partial charge in [-0.1, -0.05) is 52.0 Å². The smallest absolute Gasteiger partial charge is 0.231 e. The molecule has 5 N–H and O–H groups in total. The predicted octanol–water partition coefficient (Wildman–Crippen LogP) is 3.69. The molecule has 1 aromatic carbocycles. The summed E-state index contributed by atoms with van der Waals surface area (Å²) in [4.78, 5) is 5.45. The van der Waals surface area contributed by atoms with Gasteiger partial charge in [0.1, 0.15) is 0 Å². The Morgan fingerprint density at radius 3 is 2.23 bits per heavy atom. The van der Waals surface area contributed by atoms with Gasteiger partial charge in [0.15, 0.2) is 23.4 Å². The predicted molar refractivity (Wildman–Crippen MR) is 111 cm³/mol. The van der Waals surface area contributed by atoms with Gasteiger partial charge in [-0.05, 0) is 19.9 Å². The van der Waals surface area contributed by atoms with Crippen molar-refractivity contribution >= 4 is 11.9 Å². The van der Waals surface area contributed by atoms with Crippen molar-refractivity contribution in [2.24, 2.45) is 16.5 Å². The Kier molecular flexibility index (Phi) is 15.5. The van der Waals surface area contributed by atoms with Crippen molar-refractivity contribution in [3.8, 4) is 11.5 Å². The number of nitrogens with two attached hydrogens (primary N) is 2. The molecule has 1 heterocycles. The highest BCUT2D eigenvalue weighted by atomic mass is 16.7. The van der Waals surface area contributed by atoms with Crippen molar-refractivity contribution in [1.82, 2.24) is 4.90 Å². The standard InChI is InChI=1S/C11H15N5O2.C4H8.2C2H6/c1-16(10(12)13)11(14)15-5-7-3-2-4-8-9(7)18-6-17-8;1-3-4-2;2*1-2/h2-4H,5-6H2,1H3,(H3,12,13)(H2,14,15);3-4H,1-2H3;2*1-2H3/b;4-3-;;. The Morgan fingerprint density at radius 2 is 1.73 bits per heavy atom. The summed E-state index contributed by atoms with van der Waals surface area (Å²) in [6.45, 7) is 12.6. The Bertz CT molecular complexity index is 567. The second kappa shape index (κ2) is 15.8. The number of para-hydroxylation sites is 1. The van der Waals surface area contributed by atoms with Crippen LogP contribution in [0.4, 0.5) is 0 Å². The second-order valence-electron chi connectivity index (χ2n) is 4.44. The molecule has 0 spiro atoms. The minimum Gasteiger partial charge on any atom is -0.454 e. The van der Waals surface area contributed by atoms with Crippen LogP contribution in [0.3, 0.4) is 0 Å². The van der Waals surface area contributed by atoms with Gasteiger partial charge in [-0.2, -0.15) is 0 Å². The van der Waals surface area contributed by atoms with Gasteiger partial charge in [-0.3, -0.25) is 10.3 Å². The highest BCUT2D eigenvalue weighted by molar-refractivity contribution is 5.95. The van der Waals surface area contributed by atoms with E-state index in [1.807, 2.05) is 71.9 Å². The maximum Gasteiger partial charge on any atom is 0.231 e. The summed E-state index contributed by atoms with van der Waals surface area (Å²) < 4.78 is 10.6. The van der Waals surface area contributed by atoms with E-state index in [0.29, 0.717) is 18.0 Å². The molecule has 1 aliphatic heterocycles. The van der Waals surface area contributed by atoms with E-state index in [2.05, 4.69) is 4.99 Å². The number of fused-ring (bicyclic) bond motifs is 1. The van der Waals surface area contributed by atoms with Gasteiger partial charge in [0.25, 0.3) is 0 Å². The maximum absolute atomic E-state index is 7.23. The molecule has 0 amide bonds. The quantitative estimate of drug-likeness (QED) is 0.420. The third kappa shape index (κ3) is 8.96. The molecule has 0 saturated carbocycles. The molecule has 0 unspecified atom stereocenters. The van der Waals surface area contributed by atoms with Crippen LogP contribution in [0.1, 0.15) is 47.1 Å². The summed E-state index contributed by atoms with van der Waals surface area (Å²) in [6.07, 6.45) is 4.00. The summed E-state index contributed by atoms with van der Waals surface area (Å²) in [6, 6.07) is 5.59. The van der Waals surface area contributed by atoms with E-state index in [1.54, 1.807) is 7.05 Å². The molecule has 0 bridgehead atoms. The zero-order valence-corrected chi connectivity index (χ0v) is 17.2. The largest absolute Gasteiger partial charge is 0.454 e. The number of rotatable bonds is 2. The first-order valence-corrected chi connectivity index (χ1v) is 8.83. The van der Waals surface area contributed by atoms with Gasteiger partial charge < -0.3 is 20.9 Å². The fourth-order valence-corrected chi connectivity index (χ4v) is 1.51. The van der Waals surface area contributed by atoms with Gasteiger partial charge in [0, 0.05) is 12.6 Å². The number of nitrogens with one attached hydrogen (secondary N) is 1. The topological polar surface area (TPSA) is 110 Å². The summed E-state index contributed by atoms with van der Waals surface area (Å²) in [5.41, 5.74) is 11.9. The average molecular weight is 366 g/mol. The van der Waals surface area contributed by atoms with Crippen LogP contribution >= 0.6 is 0 Å². The number of hydrogen-bond acceptors (Lipinski definition) is 4. The first-order valence-electron chi connectivity index (χ1n) is 8.83.